The van der Waals surface area contributed by atoms with Gasteiger partial charge in [0.1, 0.15) is 0 Å². The first-order chi connectivity index (χ1) is 10.0. The minimum atomic E-state index is -0.910. The number of benzene rings is 1. The number of rotatable bonds is 1. The van der Waals surface area contributed by atoms with Crippen molar-refractivity contribution in [1.82, 2.24) is 0 Å². The van der Waals surface area contributed by atoms with Gasteiger partial charge in [0.15, 0.2) is 0 Å². The van der Waals surface area contributed by atoms with Gasteiger partial charge in [0.2, 0.25) is 11.8 Å². The molecule has 3 fully saturated rings. The van der Waals surface area contributed by atoms with Gasteiger partial charge in [0, 0.05) is 16.9 Å². The molecule has 1 aromatic carbocycles. The minimum Gasteiger partial charge on any atom is -0.390 e. The summed E-state index contributed by atoms with van der Waals surface area (Å²) in [5.74, 6) is -2.25. The zero-order valence-electron chi connectivity index (χ0n) is 11.0. The number of aliphatic hydroxyl groups excluding tert-OH is 2. The topological polar surface area (TPSA) is 77.8 Å². The maximum absolute atomic E-state index is 12.6. The van der Waals surface area contributed by atoms with Crippen molar-refractivity contribution >= 4 is 29.1 Å². The van der Waals surface area contributed by atoms with Crippen molar-refractivity contribution in [2.45, 2.75) is 18.6 Å². The Kier molecular flexibility index (Phi) is 2.70. The maximum atomic E-state index is 12.6. The molecule has 110 valence electrons. The molecule has 5 nitrogen and oxygen atoms in total. The highest BCUT2D eigenvalue weighted by Crippen LogP contribution is 2.56. The van der Waals surface area contributed by atoms with Crippen molar-refractivity contribution < 1.29 is 19.8 Å². The van der Waals surface area contributed by atoms with Crippen molar-refractivity contribution in [2.75, 3.05) is 4.90 Å². The van der Waals surface area contributed by atoms with Gasteiger partial charge in [-0.25, -0.2) is 4.90 Å². The Balaban J connectivity index is 1.75. The zero-order chi connectivity index (χ0) is 14.9. The first-order valence-corrected chi connectivity index (χ1v) is 7.38. The fourth-order valence-electron chi connectivity index (χ4n) is 4.30. The summed E-state index contributed by atoms with van der Waals surface area (Å²) in [5.41, 5.74) is 0.454. The van der Waals surface area contributed by atoms with Crippen molar-refractivity contribution in [1.29, 1.82) is 0 Å². The molecule has 2 aliphatic carbocycles. The predicted octanol–water partition coefficient (Wildman–Crippen LogP) is 0.817. The van der Waals surface area contributed by atoms with Crippen molar-refractivity contribution in [3.05, 3.63) is 29.3 Å². The third-order valence-electron chi connectivity index (χ3n) is 5.16. The van der Waals surface area contributed by atoms with E-state index in [1.54, 1.807) is 24.3 Å². The van der Waals surface area contributed by atoms with E-state index in [9.17, 15) is 19.8 Å². The molecule has 0 unspecified atom stereocenters. The second-order valence-corrected chi connectivity index (χ2v) is 6.52. The van der Waals surface area contributed by atoms with Gasteiger partial charge in [0.05, 0.1) is 29.7 Å². The summed E-state index contributed by atoms with van der Waals surface area (Å²) in [6, 6.07) is 6.60. The molecule has 4 rings (SSSR count). The number of amides is 2. The minimum absolute atomic E-state index is 0.286. The van der Waals surface area contributed by atoms with Crippen LogP contribution in [0, 0.1) is 23.7 Å². The highest BCUT2D eigenvalue weighted by molar-refractivity contribution is 6.31. The molecule has 2 amide bonds. The van der Waals surface area contributed by atoms with E-state index in [1.807, 2.05) is 0 Å². The van der Waals surface area contributed by atoms with E-state index in [0.29, 0.717) is 17.1 Å². The van der Waals surface area contributed by atoms with Crippen LogP contribution in [0.4, 0.5) is 5.69 Å². The number of aliphatic hydroxyl groups is 2. The molecule has 21 heavy (non-hydrogen) atoms. The van der Waals surface area contributed by atoms with Crippen LogP contribution in [0.25, 0.3) is 0 Å². The van der Waals surface area contributed by atoms with Gasteiger partial charge >= 0.3 is 0 Å². The lowest BCUT2D eigenvalue weighted by Gasteiger charge is -2.29. The Morgan fingerprint density at radius 1 is 1.05 bits per heavy atom. The van der Waals surface area contributed by atoms with E-state index in [0.717, 1.165) is 4.90 Å². The monoisotopic (exact) mass is 307 g/mol. The Hall–Kier alpha value is -1.43. The van der Waals surface area contributed by atoms with Crippen LogP contribution in [-0.4, -0.2) is 34.2 Å². The molecule has 2 saturated carbocycles. The number of hydrogen-bond acceptors (Lipinski definition) is 4. The van der Waals surface area contributed by atoms with Gasteiger partial charge in [-0.15, -0.1) is 0 Å². The fraction of sp³-hybridized carbons (Fsp3) is 0.467. The predicted molar refractivity (Wildman–Crippen MR) is 74.5 cm³/mol. The van der Waals surface area contributed by atoms with E-state index in [2.05, 4.69) is 0 Å². The number of carbonyl (C=O) groups excluding carboxylic acids is 2. The Labute approximate surface area is 126 Å². The van der Waals surface area contributed by atoms with E-state index in [4.69, 9.17) is 11.6 Å². The van der Waals surface area contributed by atoms with Crippen LogP contribution in [0.2, 0.25) is 5.02 Å². The van der Waals surface area contributed by atoms with Crippen molar-refractivity contribution in [2.24, 2.45) is 23.7 Å². The van der Waals surface area contributed by atoms with Crippen LogP contribution in [0.5, 0.6) is 0 Å². The third kappa shape index (κ3) is 1.59. The van der Waals surface area contributed by atoms with E-state index in [-0.39, 0.29) is 23.7 Å². The zero-order valence-corrected chi connectivity index (χ0v) is 11.8. The third-order valence-corrected chi connectivity index (χ3v) is 5.39. The quantitative estimate of drug-likeness (QED) is 0.753. The Bertz CT molecular complexity index is 616. The summed E-state index contributed by atoms with van der Waals surface area (Å²) < 4.78 is 0. The van der Waals surface area contributed by atoms with Crippen LogP contribution in [-0.2, 0) is 9.59 Å². The molecule has 1 aromatic rings. The SMILES string of the molecule is O=C1[C@@H]2[C@H]3C[C@H]([C@H](O)[C@@H]3O)[C@@H]2C(=O)N1c1cccc(Cl)c1. The van der Waals surface area contributed by atoms with Gasteiger partial charge in [0.25, 0.3) is 0 Å². The average molecular weight is 308 g/mol. The molecule has 1 saturated heterocycles. The molecule has 1 aliphatic heterocycles. The molecule has 6 heteroatoms. The van der Waals surface area contributed by atoms with E-state index >= 15 is 0 Å². The number of imide groups is 1. The molecular formula is C15H14ClNO4. The molecule has 1 heterocycles. The molecule has 2 bridgehead atoms. The van der Waals surface area contributed by atoms with Crippen molar-refractivity contribution in [3.8, 4) is 0 Å². The molecule has 2 N–H and O–H groups in total. The van der Waals surface area contributed by atoms with Crippen LogP contribution in [0.3, 0.4) is 0 Å². The number of anilines is 1. The first kappa shape index (κ1) is 13.2. The number of fused-ring (bicyclic) bond motifs is 5. The largest absolute Gasteiger partial charge is 0.390 e. The molecule has 0 spiro atoms. The van der Waals surface area contributed by atoms with Crippen molar-refractivity contribution in [3.63, 3.8) is 0 Å². The molecule has 0 radical (unpaired) electrons. The molecule has 0 aromatic heterocycles. The Morgan fingerprint density at radius 2 is 1.62 bits per heavy atom. The van der Waals surface area contributed by atoms with Gasteiger partial charge in [-0.3, -0.25) is 9.59 Å². The van der Waals surface area contributed by atoms with Crippen LogP contribution >= 0.6 is 11.6 Å². The normalized spacial score (nSPS) is 41.0. The summed E-state index contributed by atoms with van der Waals surface area (Å²) in [7, 11) is 0. The van der Waals surface area contributed by atoms with Crippen LogP contribution in [0.1, 0.15) is 6.42 Å². The molecular weight excluding hydrogens is 294 g/mol. The van der Waals surface area contributed by atoms with Gasteiger partial charge in [-0.1, -0.05) is 17.7 Å². The first-order valence-electron chi connectivity index (χ1n) is 7.00. The molecule has 3 aliphatic rings. The standard InChI is InChI=1S/C15H14ClNO4/c16-6-2-1-3-7(4-6)17-14(20)10-8-5-9(11(10)15(17)21)13(19)12(8)18/h1-4,8-13,18-19H,5H2/t8-,9+,10-,11+,12-,13+. The Morgan fingerprint density at radius 3 is 2.14 bits per heavy atom. The number of carbonyl (C=O) groups is 2. The van der Waals surface area contributed by atoms with Crippen LogP contribution in [0.15, 0.2) is 24.3 Å². The highest BCUT2D eigenvalue weighted by Gasteiger charge is 2.67. The summed E-state index contributed by atoms with van der Waals surface area (Å²) in [6.07, 6.45) is -1.28. The lowest BCUT2D eigenvalue weighted by Crippen LogP contribution is -2.43. The highest BCUT2D eigenvalue weighted by atomic mass is 35.5. The van der Waals surface area contributed by atoms with E-state index < -0.39 is 24.0 Å². The number of hydrogen-bond donors (Lipinski definition) is 2. The molecule has 6 atom stereocenters. The van der Waals surface area contributed by atoms with Gasteiger partial charge in [-0.2, -0.15) is 0 Å². The second kappa shape index (κ2) is 4.29. The van der Waals surface area contributed by atoms with Crippen LogP contribution < -0.4 is 4.90 Å². The number of nitrogens with zero attached hydrogens (tertiary/aromatic N) is 1. The fourth-order valence-corrected chi connectivity index (χ4v) is 4.48. The summed E-state index contributed by atoms with van der Waals surface area (Å²) in [5, 5.41) is 20.4. The maximum Gasteiger partial charge on any atom is 0.238 e. The average Bonchev–Trinajstić information content (AvgIpc) is 3.04. The summed E-state index contributed by atoms with van der Waals surface area (Å²) in [4.78, 5) is 26.4. The van der Waals surface area contributed by atoms with Gasteiger partial charge < -0.3 is 10.2 Å². The summed E-state index contributed by atoms with van der Waals surface area (Å²) >= 11 is 5.93. The number of halogens is 1. The van der Waals surface area contributed by atoms with E-state index in [1.165, 1.54) is 0 Å². The second-order valence-electron chi connectivity index (χ2n) is 6.09. The smallest absolute Gasteiger partial charge is 0.238 e. The lowest BCUT2D eigenvalue weighted by molar-refractivity contribution is -0.129. The van der Waals surface area contributed by atoms with Gasteiger partial charge in [-0.05, 0) is 24.6 Å². The summed E-state index contributed by atoms with van der Waals surface area (Å²) in [6.45, 7) is 0. The lowest BCUT2D eigenvalue weighted by atomic mass is 9.78.